The monoisotopic (exact) mass is 353 g/mol. The number of nitrogens with two attached hydrogens (primary N) is 1. The molecule has 2 aromatic carbocycles. The highest BCUT2D eigenvalue weighted by molar-refractivity contribution is 9.10. The van der Waals surface area contributed by atoms with Crippen LogP contribution >= 0.6 is 15.9 Å². The molecule has 0 heterocycles. The van der Waals surface area contributed by atoms with Gasteiger partial charge in [-0.25, -0.2) is 9.18 Å². The maximum absolute atomic E-state index is 13.8. The molecule has 0 bridgehead atoms. The summed E-state index contributed by atoms with van der Waals surface area (Å²) < 4.78 is 24.7. The number of hydrogen-bond donors (Lipinski definition) is 1. The summed E-state index contributed by atoms with van der Waals surface area (Å²) in [5, 5.41) is 0. The van der Waals surface area contributed by atoms with E-state index < -0.39 is 11.8 Å². The Bertz CT molecular complexity index is 676. The van der Waals surface area contributed by atoms with E-state index >= 15 is 0 Å². The second-order valence-corrected chi connectivity index (χ2v) is 5.03. The predicted octanol–water partition coefficient (Wildman–Crippen LogP) is 4.14. The number of rotatable bonds is 4. The van der Waals surface area contributed by atoms with Gasteiger partial charge in [-0.05, 0) is 37.3 Å². The number of benzene rings is 2. The van der Waals surface area contributed by atoms with E-state index in [0.717, 1.165) is 0 Å². The number of esters is 1. The van der Waals surface area contributed by atoms with Crippen molar-refractivity contribution in [3.8, 4) is 11.5 Å². The van der Waals surface area contributed by atoms with Crippen molar-refractivity contribution >= 4 is 27.6 Å². The fourth-order valence-electron chi connectivity index (χ4n) is 1.70. The van der Waals surface area contributed by atoms with Crippen LogP contribution in [0, 0.1) is 5.82 Å². The Balaban J connectivity index is 2.32. The molecule has 2 rings (SSSR count). The van der Waals surface area contributed by atoms with E-state index in [0.29, 0.717) is 4.47 Å². The van der Waals surface area contributed by atoms with Crippen LogP contribution in [0.1, 0.15) is 17.3 Å². The van der Waals surface area contributed by atoms with Gasteiger partial charge in [0.05, 0.1) is 17.9 Å². The number of para-hydroxylation sites is 1. The van der Waals surface area contributed by atoms with Gasteiger partial charge >= 0.3 is 5.97 Å². The predicted molar refractivity (Wildman–Crippen MR) is 81.0 cm³/mol. The molecule has 0 saturated carbocycles. The third-order valence-corrected chi connectivity index (χ3v) is 3.17. The third-order valence-electron chi connectivity index (χ3n) is 2.68. The maximum atomic E-state index is 13.8. The van der Waals surface area contributed by atoms with Crippen LogP contribution in [-0.4, -0.2) is 12.6 Å². The molecule has 0 aliphatic carbocycles. The standard InChI is InChI=1S/C15H13BrFNO3/c1-2-20-15(19)10-4-3-5-13(14(10)18)21-12-7-6-9(16)8-11(12)17/h3-8H,2,18H2,1H3. The van der Waals surface area contributed by atoms with Crippen molar-refractivity contribution in [2.45, 2.75) is 6.92 Å². The van der Waals surface area contributed by atoms with Crippen molar-refractivity contribution in [2.24, 2.45) is 0 Å². The number of halogens is 2. The average Bonchev–Trinajstić information content (AvgIpc) is 2.44. The van der Waals surface area contributed by atoms with Gasteiger partial charge in [-0.1, -0.05) is 22.0 Å². The Morgan fingerprint density at radius 1 is 1.29 bits per heavy atom. The quantitative estimate of drug-likeness (QED) is 0.662. The van der Waals surface area contributed by atoms with E-state index in [9.17, 15) is 9.18 Å². The van der Waals surface area contributed by atoms with Crippen molar-refractivity contribution in [3.05, 3.63) is 52.3 Å². The van der Waals surface area contributed by atoms with E-state index in [2.05, 4.69) is 15.9 Å². The smallest absolute Gasteiger partial charge is 0.340 e. The molecular formula is C15H13BrFNO3. The number of carbonyl (C=O) groups is 1. The van der Waals surface area contributed by atoms with Gasteiger partial charge in [0.1, 0.15) is 0 Å². The van der Waals surface area contributed by atoms with Crippen molar-refractivity contribution < 1.29 is 18.7 Å². The summed E-state index contributed by atoms with van der Waals surface area (Å²) >= 11 is 3.16. The topological polar surface area (TPSA) is 61.5 Å². The number of carbonyl (C=O) groups excluding carboxylic acids is 1. The van der Waals surface area contributed by atoms with Gasteiger partial charge in [-0.2, -0.15) is 0 Å². The van der Waals surface area contributed by atoms with Gasteiger partial charge in [0.2, 0.25) is 0 Å². The van der Waals surface area contributed by atoms with E-state index in [1.165, 1.54) is 18.2 Å². The van der Waals surface area contributed by atoms with E-state index in [-0.39, 0.29) is 29.4 Å². The highest BCUT2D eigenvalue weighted by atomic mass is 79.9. The molecule has 0 atom stereocenters. The molecule has 0 aliphatic heterocycles. The van der Waals surface area contributed by atoms with Crippen LogP contribution in [0.3, 0.4) is 0 Å². The second kappa shape index (κ2) is 6.58. The van der Waals surface area contributed by atoms with Crippen LogP contribution in [0.5, 0.6) is 11.5 Å². The summed E-state index contributed by atoms with van der Waals surface area (Å²) in [4.78, 5) is 11.7. The highest BCUT2D eigenvalue weighted by Crippen LogP contribution is 2.32. The van der Waals surface area contributed by atoms with E-state index in [1.807, 2.05) is 0 Å². The van der Waals surface area contributed by atoms with Gasteiger partial charge < -0.3 is 15.2 Å². The first kappa shape index (κ1) is 15.3. The van der Waals surface area contributed by atoms with Gasteiger partial charge in [0, 0.05) is 4.47 Å². The molecule has 0 spiro atoms. The zero-order valence-electron chi connectivity index (χ0n) is 11.2. The van der Waals surface area contributed by atoms with Crippen LogP contribution in [0.25, 0.3) is 0 Å². The van der Waals surface area contributed by atoms with Gasteiger partial charge in [0.15, 0.2) is 17.3 Å². The Kier molecular flexibility index (Phi) is 4.80. The zero-order valence-corrected chi connectivity index (χ0v) is 12.8. The lowest BCUT2D eigenvalue weighted by molar-refractivity contribution is 0.0527. The molecule has 6 heteroatoms. The number of anilines is 1. The lowest BCUT2D eigenvalue weighted by Gasteiger charge is -2.12. The van der Waals surface area contributed by atoms with E-state index in [1.54, 1.807) is 25.1 Å². The summed E-state index contributed by atoms with van der Waals surface area (Å²) in [6.07, 6.45) is 0. The van der Waals surface area contributed by atoms with Crippen LogP contribution in [0.2, 0.25) is 0 Å². The molecule has 0 unspecified atom stereocenters. The van der Waals surface area contributed by atoms with E-state index in [4.69, 9.17) is 15.2 Å². The third kappa shape index (κ3) is 3.52. The molecule has 0 aliphatic rings. The lowest BCUT2D eigenvalue weighted by Crippen LogP contribution is -2.08. The molecule has 2 aromatic rings. The van der Waals surface area contributed by atoms with Crippen LogP contribution in [0.15, 0.2) is 40.9 Å². The molecule has 0 aromatic heterocycles. The first-order valence-electron chi connectivity index (χ1n) is 6.21. The van der Waals surface area contributed by atoms with Crippen molar-refractivity contribution in [1.82, 2.24) is 0 Å². The second-order valence-electron chi connectivity index (χ2n) is 4.11. The molecule has 0 amide bonds. The average molecular weight is 354 g/mol. The molecule has 0 radical (unpaired) electrons. The fourth-order valence-corrected chi connectivity index (χ4v) is 2.03. The fraction of sp³-hybridized carbons (Fsp3) is 0.133. The Labute approximate surface area is 129 Å². The Morgan fingerprint density at radius 3 is 2.71 bits per heavy atom. The van der Waals surface area contributed by atoms with Crippen LogP contribution in [0.4, 0.5) is 10.1 Å². The summed E-state index contributed by atoms with van der Waals surface area (Å²) in [5.41, 5.74) is 6.18. The minimum Gasteiger partial charge on any atom is -0.462 e. The Morgan fingerprint density at radius 2 is 2.05 bits per heavy atom. The number of ether oxygens (including phenoxy) is 2. The van der Waals surface area contributed by atoms with Crippen LogP contribution in [-0.2, 0) is 4.74 Å². The molecule has 2 N–H and O–H groups in total. The minimum atomic E-state index is -0.545. The van der Waals surface area contributed by atoms with Crippen molar-refractivity contribution in [3.63, 3.8) is 0 Å². The van der Waals surface area contributed by atoms with Gasteiger partial charge in [0.25, 0.3) is 0 Å². The SMILES string of the molecule is CCOC(=O)c1cccc(Oc2ccc(Br)cc2F)c1N. The first-order chi connectivity index (χ1) is 10.0. The summed E-state index contributed by atoms with van der Waals surface area (Å²) in [6, 6.07) is 9.06. The normalized spacial score (nSPS) is 10.2. The summed E-state index contributed by atoms with van der Waals surface area (Å²) in [7, 11) is 0. The summed E-state index contributed by atoms with van der Waals surface area (Å²) in [6.45, 7) is 1.94. The van der Waals surface area contributed by atoms with Gasteiger partial charge in [-0.15, -0.1) is 0 Å². The highest BCUT2D eigenvalue weighted by Gasteiger charge is 2.15. The molecular weight excluding hydrogens is 341 g/mol. The lowest BCUT2D eigenvalue weighted by atomic mass is 10.1. The van der Waals surface area contributed by atoms with Crippen molar-refractivity contribution in [1.29, 1.82) is 0 Å². The Hall–Kier alpha value is -2.08. The molecule has 21 heavy (non-hydrogen) atoms. The number of hydrogen-bond acceptors (Lipinski definition) is 4. The zero-order chi connectivity index (χ0) is 15.4. The first-order valence-corrected chi connectivity index (χ1v) is 7.00. The summed E-state index contributed by atoms with van der Waals surface area (Å²) in [5.74, 6) is -0.866. The minimum absolute atomic E-state index is 0.0194. The maximum Gasteiger partial charge on any atom is 0.340 e. The number of nitrogen functional groups attached to an aromatic ring is 1. The largest absolute Gasteiger partial charge is 0.462 e. The molecule has 110 valence electrons. The van der Waals surface area contributed by atoms with Gasteiger partial charge in [-0.3, -0.25) is 0 Å². The van der Waals surface area contributed by atoms with Crippen molar-refractivity contribution in [2.75, 3.05) is 12.3 Å². The molecule has 4 nitrogen and oxygen atoms in total. The molecule has 0 fully saturated rings. The molecule has 0 saturated heterocycles. The van der Waals surface area contributed by atoms with Crippen LogP contribution < -0.4 is 10.5 Å².